The summed E-state index contributed by atoms with van der Waals surface area (Å²) in [5.74, 6) is 4.36. The minimum atomic E-state index is -0.375. The van der Waals surface area contributed by atoms with Crippen LogP contribution >= 0.6 is 0 Å². The number of benzene rings is 2. The van der Waals surface area contributed by atoms with E-state index in [1.54, 1.807) is 39.6 Å². The summed E-state index contributed by atoms with van der Waals surface area (Å²) >= 11 is 0. The van der Waals surface area contributed by atoms with E-state index in [-0.39, 0.29) is 40.5 Å². The summed E-state index contributed by atoms with van der Waals surface area (Å²) in [6.45, 7) is 11.4. The zero-order valence-electron chi connectivity index (χ0n) is 34.4. The molecule has 4 unspecified atom stereocenters. The highest BCUT2D eigenvalue weighted by Crippen LogP contribution is 2.32. The van der Waals surface area contributed by atoms with Gasteiger partial charge < -0.3 is 24.8 Å². The average Bonchev–Trinajstić information content (AvgIpc) is 4.08. The van der Waals surface area contributed by atoms with Crippen LogP contribution < -0.4 is 16.4 Å². The third kappa shape index (κ3) is 9.70. The van der Waals surface area contributed by atoms with Crippen molar-refractivity contribution < 1.29 is 23.0 Å². The van der Waals surface area contributed by atoms with Crippen LogP contribution in [0.4, 0.5) is 8.78 Å². The van der Waals surface area contributed by atoms with E-state index in [0.29, 0.717) is 66.2 Å². The van der Waals surface area contributed by atoms with Gasteiger partial charge in [-0.25, -0.2) is 27.8 Å². The predicted octanol–water partition coefficient (Wildman–Crippen LogP) is 4.96. The van der Waals surface area contributed by atoms with Gasteiger partial charge in [-0.15, -0.1) is 0 Å². The third-order valence-corrected chi connectivity index (χ3v) is 12.3. The van der Waals surface area contributed by atoms with Crippen LogP contribution in [0.15, 0.2) is 70.5 Å². The molecule has 0 saturated carbocycles. The van der Waals surface area contributed by atoms with Gasteiger partial charge in [-0.3, -0.25) is 19.3 Å². The first kappa shape index (κ1) is 42.2. The molecule has 4 atom stereocenters. The molecular weight excluding hydrogens is 787 g/mol. The number of aldehydes is 1. The Balaban J connectivity index is 0.000000144. The molecule has 0 bridgehead atoms. The van der Waals surface area contributed by atoms with Gasteiger partial charge in [0.15, 0.2) is 11.0 Å². The van der Waals surface area contributed by atoms with Gasteiger partial charge in [0.2, 0.25) is 0 Å². The summed E-state index contributed by atoms with van der Waals surface area (Å²) in [7, 11) is 0. The van der Waals surface area contributed by atoms with Crippen molar-refractivity contribution in [3.63, 3.8) is 0 Å². The Kier molecular flexibility index (Phi) is 13.2. The van der Waals surface area contributed by atoms with Crippen molar-refractivity contribution in [2.45, 2.75) is 69.7 Å². The van der Waals surface area contributed by atoms with Gasteiger partial charge in [0.1, 0.15) is 41.2 Å². The second kappa shape index (κ2) is 19.1. The predicted molar refractivity (Wildman–Crippen MR) is 223 cm³/mol. The molecule has 322 valence electrons. The van der Waals surface area contributed by atoms with Crippen LogP contribution in [-0.4, -0.2) is 103 Å². The summed E-state index contributed by atoms with van der Waals surface area (Å²) in [6.07, 6.45) is 7.53. The fraction of sp³-hybridized carbons (Fsp3) is 0.477. The van der Waals surface area contributed by atoms with Crippen molar-refractivity contribution >= 4 is 17.3 Å². The zero-order chi connectivity index (χ0) is 42.5. The van der Waals surface area contributed by atoms with Gasteiger partial charge in [-0.2, -0.15) is 10.2 Å². The van der Waals surface area contributed by atoms with E-state index >= 15 is 0 Å². The molecule has 4 saturated heterocycles. The highest BCUT2D eigenvalue weighted by atomic mass is 19.1. The number of carbonyl (C=O) groups is 1. The molecule has 2 aromatic carbocycles. The van der Waals surface area contributed by atoms with Crippen LogP contribution in [0.1, 0.15) is 102 Å². The van der Waals surface area contributed by atoms with Crippen LogP contribution in [0, 0.1) is 23.5 Å². The van der Waals surface area contributed by atoms with Crippen LogP contribution in [0.3, 0.4) is 0 Å². The second-order valence-corrected chi connectivity index (χ2v) is 16.6. The highest BCUT2D eigenvalue weighted by molar-refractivity contribution is 5.74. The summed E-state index contributed by atoms with van der Waals surface area (Å²) in [6, 6.07) is 12.3. The number of nitrogens with zero attached hydrogens (tertiary/aromatic N) is 7. The number of rotatable bonds is 7. The first-order valence-electron chi connectivity index (χ1n) is 21.1. The van der Waals surface area contributed by atoms with Crippen molar-refractivity contribution in [1.29, 1.82) is 0 Å². The summed E-state index contributed by atoms with van der Waals surface area (Å²) in [5, 5.41) is 12.9. The lowest BCUT2D eigenvalue weighted by Gasteiger charge is -2.21. The SMILES string of the molecule is CC1CN(Cc2cccc(F)c2)CC1c1nn2c(C3CCOCC3)ncc2c(=O)[nH]1.CC1CNCC1c1nn2c(C3CCOCC3)ncc2c(=O)[nH]1.O=Cc1cccc(F)c1. The van der Waals surface area contributed by atoms with Crippen molar-refractivity contribution in [2.75, 3.05) is 52.6 Å². The number of fused-ring (bicyclic) bond motifs is 2. The molecule has 4 aliphatic rings. The maximum Gasteiger partial charge on any atom is 0.276 e. The lowest BCUT2D eigenvalue weighted by atomic mass is 9.97. The van der Waals surface area contributed by atoms with E-state index in [0.717, 1.165) is 88.1 Å². The number of H-pyrrole nitrogens is 2. The van der Waals surface area contributed by atoms with E-state index in [9.17, 15) is 23.2 Å². The number of imidazole rings is 2. The lowest BCUT2D eigenvalue weighted by molar-refractivity contribution is 0.0831. The number of aromatic nitrogens is 8. The number of ether oxygens (including phenoxy) is 2. The van der Waals surface area contributed by atoms with Gasteiger partial charge in [0, 0.05) is 81.8 Å². The van der Waals surface area contributed by atoms with Crippen molar-refractivity contribution in [3.05, 3.63) is 128 Å². The largest absolute Gasteiger partial charge is 0.381 e. The third-order valence-electron chi connectivity index (χ3n) is 12.3. The molecule has 0 spiro atoms. The summed E-state index contributed by atoms with van der Waals surface area (Å²) < 4.78 is 40.1. The average molecular weight is 839 g/mol. The normalized spacial score (nSPS) is 22.5. The first-order chi connectivity index (χ1) is 29.6. The summed E-state index contributed by atoms with van der Waals surface area (Å²) in [5.41, 5.74) is 2.09. The topological polar surface area (TPSA) is 177 Å². The molecule has 17 heteroatoms. The molecule has 8 heterocycles. The minimum Gasteiger partial charge on any atom is -0.381 e. The Morgan fingerprint density at radius 1 is 0.721 bits per heavy atom. The number of hydrogen-bond acceptors (Lipinski definition) is 11. The molecule has 0 aliphatic carbocycles. The van der Waals surface area contributed by atoms with Gasteiger partial charge in [0.25, 0.3) is 11.1 Å². The molecule has 3 N–H and O–H groups in total. The molecule has 4 aromatic heterocycles. The van der Waals surface area contributed by atoms with E-state index < -0.39 is 0 Å². The Labute approximate surface area is 350 Å². The molecule has 4 fully saturated rings. The maximum absolute atomic E-state index is 13.5. The Morgan fingerprint density at radius 2 is 1.28 bits per heavy atom. The standard InChI is InChI=1S/C22H26FN5O2.C15H21N5O2.C7H5FO/c1-14-11-27(12-15-3-2-4-17(23)9-15)13-18(14)20-25-22(29)19-10-24-21(28(19)26-20)16-5-7-30-8-6-16;1-9-6-16-7-11(9)13-18-15(21)12-8-17-14(20(12)19-13)10-2-4-22-5-3-10;8-7-3-1-2-6(4-7)5-9/h2-4,9-10,14,16,18H,5-8,11-13H2,1H3,(H,25,26,29);8-11,16H,2-7H2,1H3,(H,18,19,21);1-5H. The highest BCUT2D eigenvalue weighted by Gasteiger charge is 2.34. The molecule has 6 aromatic rings. The number of likely N-dealkylation sites (tertiary alicyclic amines) is 1. The van der Waals surface area contributed by atoms with Crippen LogP contribution in [0.2, 0.25) is 0 Å². The number of hydrogen-bond donors (Lipinski definition) is 3. The van der Waals surface area contributed by atoms with Crippen LogP contribution in [0.25, 0.3) is 11.0 Å². The van der Waals surface area contributed by atoms with Gasteiger partial charge >= 0.3 is 0 Å². The van der Waals surface area contributed by atoms with Gasteiger partial charge in [-0.05, 0) is 73.9 Å². The fourth-order valence-corrected chi connectivity index (χ4v) is 8.87. The zero-order valence-corrected chi connectivity index (χ0v) is 34.4. The van der Waals surface area contributed by atoms with Crippen molar-refractivity contribution in [1.82, 2.24) is 49.4 Å². The lowest BCUT2D eigenvalue weighted by Crippen LogP contribution is -2.24. The number of aromatic amines is 2. The molecule has 15 nitrogen and oxygen atoms in total. The summed E-state index contributed by atoms with van der Waals surface area (Å²) in [4.78, 5) is 52.3. The molecule has 4 aliphatic heterocycles. The van der Waals surface area contributed by atoms with Crippen LogP contribution in [-0.2, 0) is 16.0 Å². The Hall–Kier alpha value is -5.49. The van der Waals surface area contributed by atoms with E-state index in [1.165, 1.54) is 24.3 Å². The number of halogens is 2. The minimum absolute atomic E-state index is 0.102. The smallest absolute Gasteiger partial charge is 0.276 e. The molecule has 10 rings (SSSR count). The monoisotopic (exact) mass is 838 g/mol. The molecular formula is C44H52F2N10O5. The molecule has 0 radical (unpaired) electrons. The Bertz CT molecular complexity index is 2560. The maximum atomic E-state index is 13.5. The van der Waals surface area contributed by atoms with Crippen molar-refractivity contribution in [3.8, 4) is 0 Å². The van der Waals surface area contributed by atoms with Crippen LogP contribution in [0.5, 0.6) is 0 Å². The van der Waals surface area contributed by atoms with E-state index in [2.05, 4.69) is 44.0 Å². The Morgan fingerprint density at radius 3 is 1.79 bits per heavy atom. The first-order valence-corrected chi connectivity index (χ1v) is 21.1. The fourth-order valence-electron chi connectivity index (χ4n) is 8.87. The van der Waals surface area contributed by atoms with E-state index in [1.807, 2.05) is 6.07 Å². The number of nitrogens with one attached hydrogen (secondary N) is 3. The van der Waals surface area contributed by atoms with Gasteiger partial charge in [-0.1, -0.05) is 38.1 Å². The quantitative estimate of drug-likeness (QED) is 0.185. The van der Waals surface area contributed by atoms with Crippen molar-refractivity contribution in [2.24, 2.45) is 11.8 Å². The second-order valence-electron chi connectivity index (χ2n) is 16.6. The molecule has 61 heavy (non-hydrogen) atoms. The van der Waals surface area contributed by atoms with E-state index in [4.69, 9.17) is 19.7 Å². The van der Waals surface area contributed by atoms with Gasteiger partial charge in [0.05, 0.1) is 12.4 Å². The number of carbonyl (C=O) groups excluding carboxylic acids is 1. The molecule has 0 amide bonds.